The molecule has 0 unspecified atom stereocenters. The Hall–Kier alpha value is -2.59. The summed E-state index contributed by atoms with van der Waals surface area (Å²) in [6.07, 6.45) is 17.7. The van der Waals surface area contributed by atoms with Crippen LogP contribution in [0.15, 0.2) is 60.2 Å². The minimum Gasteiger partial charge on any atom is -0.507 e. The molecule has 1 N–H and O–H groups in total. The first kappa shape index (κ1) is 30.0. The van der Waals surface area contributed by atoms with Crippen LogP contribution in [0.1, 0.15) is 114 Å². The van der Waals surface area contributed by atoms with E-state index in [-0.39, 0.29) is 11.3 Å². The SMILES string of the molecule is CCCCCCCCCCCCCCCCN1C(=O)C(=O)/C(=C(/O)c2ccccc2)[C@H]1c1ccc(Cl)cc1. The summed E-state index contributed by atoms with van der Waals surface area (Å²) in [4.78, 5) is 27.8. The fourth-order valence-corrected chi connectivity index (χ4v) is 5.46. The smallest absolute Gasteiger partial charge is 0.295 e. The van der Waals surface area contributed by atoms with Crippen LogP contribution < -0.4 is 0 Å². The third-order valence-corrected chi connectivity index (χ3v) is 7.78. The van der Waals surface area contributed by atoms with Crippen LogP contribution in [0.2, 0.25) is 5.02 Å². The standard InChI is InChI=1S/C33H44ClNO3/c1-2-3-4-5-6-7-8-9-10-11-12-13-14-18-25-35-30(26-21-23-28(34)24-22-26)29(32(37)33(35)38)31(36)27-19-16-15-17-20-27/h15-17,19-24,30,36H,2-14,18,25H2,1H3/b31-29+/t30-/m1/s1. The Morgan fingerprint density at radius 1 is 0.737 bits per heavy atom. The van der Waals surface area contributed by atoms with E-state index >= 15 is 0 Å². The van der Waals surface area contributed by atoms with Crippen molar-refractivity contribution in [2.75, 3.05) is 6.54 Å². The van der Waals surface area contributed by atoms with Gasteiger partial charge in [-0.15, -0.1) is 0 Å². The van der Waals surface area contributed by atoms with Crippen molar-refractivity contribution in [3.8, 4) is 0 Å². The number of rotatable bonds is 17. The highest BCUT2D eigenvalue weighted by atomic mass is 35.5. The largest absolute Gasteiger partial charge is 0.507 e. The molecule has 38 heavy (non-hydrogen) atoms. The molecule has 1 heterocycles. The number of aliphatic hydroxyl groups excluding tert-OH is 1. The number of nitrogens with zero attached hydrogens (tertiary/aromatic N) is 1. The molecular formula is C33H44ClNO3. The van der Waals surface area contributed by atoms with Gasteiger partial charge in [0.25, 0.3) is 11.7 Å². The first-order valence-corrected chi connectivity index (χ1v) is 15.0. The summed E-state index contributed by atoms with van der Waals surface area (Å²) in [6.45, 7) is 2.75. The Labute approximate surface area is 234 Å². The van der Waals surface area contributed by atoms with Crippen LogP contribution in [0, 0.1) is 0 Å². The molecular weight excluding hydrogens is 494 g/mol. The molecule has 206 valence electrons. The van der Waals surface area contributed by atoms with E-state index in [9.17, 15) is 14.7 Å². The number of carbonyl (C=O) groups excluding carboxylic acids is 2. The number of aliphatic hydroxyl groups is 1. The van der Waals surface area contributed by atoms with Crippen molar-refractivity contribution >= 4 is 29.1 Å². The Morgan fingerprint density at radius 2 is 1.24 bits per heavy atom. The van der Waals surface area contributed by atoms with E-state index in [4.69, 9.17) is 11.6 Å². The predicted octanol–water partition coefficient (Wildman–Crippen LogP) is 9.24. The zero-order valence-corrected chi connectivity index (χ0v) is 23.7. The average Bonchev–Trinajstić information content (AvgIpc) is 3.18. The first-order valence-electron chi connectivity index (χ1n) is 14.6. The Bertz CT molecular complexity index is 1030. The summed E-state index contributed by atoms with van der Waals surface area (Å²) >= 11 is 6.10. The Balaban J connectivity index is 1.50. The molecule has 1 saturated heterocycles. The lowest BCUT2D eigenvalue weighted by Gasteiger charge is -2.25. The number of likely N-dealkylation sites (tertiary alicyclic amines) is 1. The Kier molecular flexibility index (Phi) is 12.9. The second-order valence-corrected chi connectivity index (χ2v) is 10.9. The summed E-state index contributed by atoms with van der Waals surface area (Å²) in [5.41, 5.74) is 1.45. The van der Waals surface area contributed by atoms with Gasteiger partial charge in [0.05, 0.1) is 11.6 Å². The van der Waals surface area contributed by atoms with E-state index < -0.39 is 17.7 Å². The molecule has 2 aromatic rings. The molecule has 1 fully saturated rings. The van der Waals surface area contributed by atoms with Gasteiger partial charge in [-0.3, -0.25) is 9.59 Å². The Morgan fingerprint density at radius 3 is 1.76 bits per heavy atom. The van der Waals surface area contributed by atoms with Crippen LogP contribution in [0.5, 0.6) is 0 Å². The van der Waals surface area contributed by atoms with Crippen molar-refractivity contribution in [2.24, 2.45) is 0 Å². The lowest BCUT2D eigenvalue weighted by molar-refractivity contribution is -0.139. The van der Waals surface area contributed by atoms with Crippen molar-refractivity contribution < 1.29 is 14.7 Å². The number of amides is 1. The number of ketones is 1. The lowest BCUT2D eigenvalue weighted by Crippen LogP contribution is -2.30. The minimum absolute atomic E-state index is 0.132. The van der Waals surface area contributed by atoms with Gasteiger partial charge in [0.2, 0.25) is 0 Å². The van der Waals surface area contributed by atoms with Crippen molar-refractivity contribution in [3.05, 3.63) is 76.3 Å². The van der Waals surface area contributed by atoms with Gasteiger partial charge in [-0.1, -0.05) is 144 Å². The number of halogens is 1. The molecule has 0 aromatic heterocycles. The molecule has 1 atom stereocenters. The fraction of sp³-hybridized carbons (Fsp3) is 0.515. The van der Waals surface area contributed by atoms with Crippen LogP contribution in [-0.4, -0.2) is 28.2 Å². The van der Waals surface area contributed by atoms with Gasteiger partial charge < -0.3 is 10.0 Å². The topological polar surface area (TPSA) is 57.6 Å². The monoisotopic (exact) mass is 537 g/mol. The number of unbranched alkanes of at least 4 members (excludes halogenated alkanes) is 13. The lowest BCUT2D eigenvalue weighted by atomic mass is 9.95. The molecule has 0 radical (unpaired) electrons. The summed E-state index contributed by atoms with van der Waals surface area (Å²) in [6, 6.07) is 15.5. The summed E-state index contributed by atoms with van der Waals surface area (Å²) in [7, 11) is 0. The van der Waals surface area contributed by atoms with Gasteiger partial charge in [0, 0.05) is 17.1 Å². The van der Waals surface area contributed by atoms with Crippen LogP contribution >= 0.6 is 11.6 Å². The van der Waals surface area contributed by atoms with Gasteiger partial charge >= 0.3 is 0 Å². The second kappa shape index (κ2) is 16.4. The highest BCUT2D eigenvalue weighted by molar-refractivity contribution is 6.46. The number of Topliss-reactive ketones (excluding diaryl/α,β-unsaturated/α-hetero) is 1. The van der Waals surface area contributed by atoms with Crippen LogP contribution in [0.25, 0.3) is 5.76 Å². The summed E-state index contributed by atoms with van der Waals surface area (Å²) in [5, 5.41) is 11.6. The van der Waals surface area contributed by atoms with E-state index in [1.54, 1.807) is 41.3 Å². The third kappa shape index (κ3) is 8.73. The molecule has 4 nitrogen and oxygen atoms in total. The highest BCUT2D eigenvalue weighted by Crippen LogP contribution is 2.39. The molecule has 1 aliphatic heterocycles. The third-order valence-electron chi connectivity index (χ3n) is 7.53. The molecule has 0 bridgehead atoms. The molecule has 0 aliphatic carbocycles. The molecule has 1 amide bonds. The van der Waals surface area contributed by atoms with Crippen LogP contribution in [0.3, 0.4) is 0 Å². The number of hydrogen-bond donors (Lipinski definition) is 1. The molecule has 1 aliphatic rings. The van der Waals surface area contributed by atoms with Crippen molar-refractivity contribution in [3.63, 3.8) is 0 Å². The maximum Gasteiger partial charge on any atom is 0.295 e. The molecule has 3 rings (SSSR count). The normalized spacial score (nSPS) is 16.9. The predicted molar refractivity (Wildman–Crippen MR) is 157 cm³/mol. The van der Waals surface area contributed by atoms with E-state index in [1.807, 2.05) is 18.2 Å². The molecule has 0 saturated carbocycles. The van der Waals surface area contributed by atoms with Gasteiger partial charge in [-0.2, -0.15) is 0 Å². The number of hydrogen-bond acceptors (Lipinski definition) is 3. The molecule has 0 spiro atoms. The number of carbonyl (C=O) groups is 2. The van der Waals surface area contributed by atoms with Gasteiger partial charge in [0.15, 0.2) is 0 Å². The van der Waals surface area contributed by atoms with Gasteiger partial charge in [0.1, 0.15) is 5.76 Å². The molecule has 2 aromatic carbocycles. The minimum atomic E-state index is -0.628. The van der Waals surface area contributed by atoms with Gasteiger partial charge in [-0.05, 0) is 24.1 Å². The van der Waals surface area contributed by atoms with Crippen molar-refractivity contribution in [2.45, 2.75) is 103 Å². The maximum absolute atomic E-state index is 13.1. The summed E-state index contributed by atoms with van der Waals surface area (Å²) < 4.78 is 0. The summed E-state index contributed by atoms with van der Waals surface area (Å²) in [5.74, 6) is -1.30. The maximum atomic E-state index is 13.1. The second-order valence-electron chi connectivity index (χ2n) is 10.5. The number of benzene rings is 2. The van der Waals surface area contributed by atoms with E-state index in [0.29, 0.717) is 17.1 Å². The van der Waals surface area contributed by atoms with Crippen molar-refractivity contribution in [1.29, 1.82) is 0 Å². The fourth-order valence-electron chi connectivity index (χ4n) is 5.33. The van der Waals surface area contributed by atoms with Crippen LogP contribution in [-0.2, 0) is 9.59 Å². The zero-order valence-electron chi connectivity index (χ0n) is 23.0. The first-order chi connectivity index (χ1) is 18.5. The van der Waals surface area contributed by atoms with E-state index in [1.165, 1.54) is 70.6 Å². The van der Waals surface area contributed by atoms with Crippen LogP contribution in [0.4, 0.5) is 0 Å². The average molecular weight is 538 g/mol. The zero-order chi connectivity index (χ0) is 27.2. The van der Waals surface area contributed by atoms with E-state index in [2.05, 4.69) is 6.92 Å². The van der Waals surface area contributed by atoms with Gasteiger partial charge in [-0.25, -0.2) is 0 Å². The van der Waals surface area contributed by atoms with E-state index in [0.717, 1.165) is 24.8 Å². The quantitative estimate of drug-likeness (QED) is 0.0946. The van der Waals surface area contributed by atoms with Crippen molar-refractivity contribution in [1.82, 2.24) is 4.90 Å². The molecule has 5 heteroatoms. The highest BCUT2D eigenvalue weighted by Gasteiger charge is 2.45.